The molecular weight excluding hydrogens is 455 g/mol. The molecule has 0 saturated carbocycles. The maximum absolute atomic E-state index is 12.3. The van der Waals surface area contributed by atoms with Crippen LogP contribution in [0.5, 0.6) is 5.75 Å². The number of halogens is 3. The molecular formula is C19H16F3N3O4S2. The standard InChI is InChI=1S/C19H16F3N3O4S2/c20-19(21,22)29-14-7-5-12(6-8-14)23-17(26)11-1-3-13(4-2-11)24-18-25-15-9-31(27,28)10-16(15)30-18/h1-8,15-16H,9-10H2,(H,23,26)(H,24,25)/t15-,16-/m0/s1. The SMILES string of the molecule is O=C(Nc1ccc(OC(F)(F)F)cc1)c1ccc(NC2=N[C@H]3CS(=O)(=O)C[C@@H]3S2)cc1. The molecule has 1 fully saturated rings. The number of sulfone groups is 1. The molecule has 0 radical (unpaired) electrons. The number of fused-ring (bicyclic) bond motifs is 1. The first kappa shape index (κ1) is 21.5. The molecule has 4 rings (SSSR count). The summed E-state index contributed by atoms with van der Waals surface area (Å²) >= 11 is 1.39. The maximum Gasteiger partial charge on any atom is 0.573 e. The maximum atomic E-state index is 12.3. The Morgan fingerprint density at radius 1 is 1.03 bits per heavy atom. The van der Waals surface area contributed by atoms with Gasteiger partial charge in [0, 0.05) is 22.2 Å². The molecule has 2 aliphatic rings. The van der Waals surface area contributed by atoms with Crippen LogP contribution in [0.4, 0.5) is 24.5 Å². The van der Waals surface area contributed by atoms with Crippen LogP contribution >= 0.6 is 11.8 Å². The van der Waals surface area contributed by atoms with Gasteiger partial charge in [0.1, 0.15) is 5.75 Å². The third-order valence-electron chi connectivity index (χ3n) is 4.56. The highest BCUT2D eigenvalue weighted by Crippen LogP contribution is 2.34. The lowest BCUT2D eigenvalue weighted by Gasteiger charge is -2.10. The number of hydrogen-bond donors (Lipinski definition) is 2. The number of nitrogens with one attached hydrogen (secondary N) is 2. The summed E-state index contributed by atoms with van der Waals surface area (Å²) in [7, 11) is -3.01. The minimum atomic E-state index is -4.78. The number of amides is 1. The van der Waals surface area contributed by atoms with Gasteiger partial charge in [0.2, 0.25) is 0 Å². The van der Waals surface area contributed by atoms with Crippen molar-refractivity contribution >= 4 is 44.0 Å². The van der Waals surface area contributed by atoms with Gasteiger partial charge >= 0.3 is 6.36 Å². The molecule has 2 atom stereocenters. The summed E-state index contributed by atoms with van der Waals surface area (Å²) < 4.78 is 63.6. The Hall–Kier alpha value is -2.73. The first-order valence-electron chi connectivity index (χ1n) is 9.05. The number of aliphatic imine (C=N–C) groups is 1. The zero-order chi connectivity index (χ0) is 22.2. The van der Waals surface area contributed by atoms with Gasteiger partial charge in [-0.2, -0.15) is 0 Å². The summed E-state index contributed by atoms with van der Waals surface area (Å²) in [5, 5.41) is 6.29. The highest BCUT2D eigenvalue weighted by molar-refractivity contribution is 8.15. The number of ether oxygens (including phenoxy) is 1. The number of hydrogen-bond acceptors (Lipinski definition) is 7. The Balaban J connectivity index is 1.33. The number of anilines is 2. The van der Waals surface area contributed by atoms with Gasteiger partial charge in [-0.3, -0.25) is 9.79 Å². The van der Waals surface area contributed by atoms with Crippen molar-refractivity contribution < 1.29 is 31.1 Å². The topological polar surface area (TPSA) is 96.9 Å². The molecule has 2 aromatic carbocycles. The Morgan fingerprint density at radius 2 is 1.68 bits per heavy atom. The third kappa shape index (κ3) is 5.50. The zero-order valence-corrected chi connectivity index (χ0v) is 17.4. The fraction of sp³-hybridized carbons (Fsp3) is 0.263. The smallest absolute Gasteiger partial charge is 0.406 e. The lowest BCUT2D eigenvalue weighted by molar-refractivity contribution is -0.274. The zero-order valence-electron chi connectivity index (χ0n) is 15.7. The van der Waals surface area contributed by atoms with E-state index in [1.165, 1.54) is 23.9 Å². The molecule has 2 N–H and O–H groups in total. The second-order valence-electron chi connectivity index (χ2n) is 6.96. The third-order valence-corrected chi connectivity index (χ3v) is 7.70. The van der Waals surface area contributed by atoms with Crippen LogP contribution < -0.4 is 15.4 Å². The minimum Gasteiger partial charge on any atom is -0.406 e. The summed E-state index contributed by atoms with van der Waals surface area (Å²) in [5.41, 5.74) is 1.37. The van der Waals surface area contributed by atoms with E-state index in [0.29, 0.717) is 22.1 Å². The van der Waals surface area contributed by atoms with Gasteiger partial charge in [-0.1, -0.05) is 11.8 Å². The lowest BCUT2D eigenvalue weighted by atomic mass is 10.2. The molecule has 164 valence electrons. The van der Waals surface area contributed by atoms with E-state index in [9.17, 15) is 26.4 Å². The number of alkyl halides is 3. The van der Waals surface area contributed by atoms with E-state index in [2.05, 4.69) is 20.4 Å². The van der Waals surface area contributed by atoms with E-state index in [4.69, 9.17) is 0 Å². The molecule has 7 nitrogen and oxygen atoms in total. The highest BCUT2D eigenvalue weighted by atomic mass is 32.2. The Kier molecular flexibility index (Phi) is 5.60. The summed E-state index contributed by atoms with van der Waals surface area (Å²) in [4.78, 5) is 16.8. The van der Waals surface area contributed by atoms with E-state index in [1.54, 1.807) is 24.3 Å². The van der Waals surface area contributed by atoms with Gasteiger partial charge in [-0.05, 0) is 48.5 Å². The van der Waals surface area contributed by atoms with Gasteiger partial charge in [0.25, 0.3) is 5.91 Å². The number of rotatable bonds is 4. The molecule has 0 unspecified atom stereocenters. The number of carbonyl (C=O) groups excluding carboxylic acids is 1. The molecule has 2 aliphatic heterocycles. The predicted octanol–water partition coefficient (Wildman–Crippen LogP) is 3.52. The van der Waals surface area contributed by atoms with Crippen molar-refractivity contribution in [1.82, 2.24) is 0 Å². The summed E-state index contributed by atoms with van der Waals surface area (Å²) in [5.74, 6) is -0.615. The molecule has 0 aromatic heterocycles. The number of carbonyl (C=O) groups is 1. The van der Waals surface area contributed by atoms with E-state index < -0.39 is 22.1 Å². The van der Waals surface area contributed by atoms with Crippen LogP contribution in [0.2, 0.25) is 0 Å². The quantitative estimate of drug-likeness (QED) is 0.709. The number of nitrogens with zero attached hydrogens (tertiary/aromatic N) is 1. The van der Waals surface area contributed by atoms with Gasteiger partial charge in [-0.25, -0.2) is 8.42 Å². The van der Waals surface area contributed by atoms with E-state index in [0.717, 1.165) is 12.1 Å². The monoisotopic (exact) mass is 471 g/mol. The first-order chi connectivity index (χ1) is 14.6. The number of benzene rings is 2. The molecule has 31 heavy (non-hydrogen) atoms. The number of amidine groups is 1. The average Bonchev–Trinajstić information content (AvgIpc) is 3.15. The van der Waals surface area contributed by atoms with Gasteiger partial charge in [-0.15, -0.1) is 13.2 Å². The molecule has 0 aliphatic carbocycles. The predicted molar refractivity (Wildman–Crippen MR) is 112 cm³/mol. The van der Waals surface area contributed by atoms with Crippen molar-refractivity contribution in [3.8, 4) is 5.75 Å². The number of thioether (sulfide) groups is 1. The molecule has 0 bridgehead atoms. The first-order valence-corrected chi connectivity index (χ1v) is 11.8. The second kappa shape index (κ2) is 8.08. The van der Waals surface area contributed by atoms with Crippen molar-refractivity contribution in [2.45, 2.75) is 17.7 Å². The molecule has 0 spiro atoms. The second-order valence-corrected chi connectivity index (χ2v) is 10.3. The van der Waals surface area contributed by atoms with E-state index >= 15 is 0 Å². The molecule has 12 heteroatoms. The summed E-state index contributed by atoms with van der Waals surface area (Å²) in [6, 6.07) is 11.1. The molecule has 1 saturated heterocycles. The normalized spacial score (nSPS) is 21.8. The van der Waals surface area contributed by atoms with Crippen LogP contribution in [0.3, 0.4) is 0 Å². The molecule has 2 heterocycles. The van der Waals surface area contributed by atoms with E-state index in [-0.39, 0.29) is 28.5 Å². The fourth-order valence-electron chi connectivity index (χ4n) is 3.19. The van der Waals surface area contributed by atoms with Crippen molar-refractivity contribution in [2.24, 2.45) is 4.99 Å². The van der Waals surface area contributed by atoms with Gasteiger partial charge in [0.05, 0.1) is 17.5 Å². The highest BCUT2D eigenvalue weighted by Gasteiger charge is 2.42. The van der Waals surface area contributed by atoms with Crippen molar-refractivity contribution in [3.05, 3.63) is 54.1 Å². The van der Waals surface area contributed by atoms with Crippen molar-refractivity contribution in [3.63, 3.8) is 0 Å². The molecule has 2 aromatic rings. The Bertz CT molecular complexity index is 1120. The van der Waals surface area contributed by atoms with Gasteiger partial charge in [0.15, 0.2) is 15.0 Å². The van der Waals surface area contributed by atoms with Gasteiger partial charge < -0.3 is 15.4 Å². The minimum absolute atomic E-state index is 0.0644. The Labute approximate surface area is 180 Å². The largest absolute Gasteiger partial charge is 0.573 e. The van der Waals surface area contributed by atoms with Crippen LogP contribution in [0.15, 0.2) is 53.5 Å². The Morgan fingerprint density at radius 3 is 2.29 bits per heavy atom. The van der Waals surface area contributed by atoms with Crippen LogP contribution in [0.25, 0.3) is 0 Å². The van der Waals surface area contributed by atoms with Crippen molar-refractivity contribution in [2.75, 3.05) is 22.1 Å². The summed E-state index contributed by atoms with van der Waals surface area (Å²) in [6.45, 7) is 0. The van der Waals surface area contributed by atoms with Crippen molar-refractivity contribution in [1.29, 1.82) is 0 Å². The lowest BCUT2D eigenvalue weighted by Crippen LogP contribution is -2.17. The van der Waals surface area contributed by atoms with Crippen LogP contribution in [0.1, 0.15) is 10.4 Å². The van der Waals surface area contributed by atoms with Crippen LogP contribution in [-0.4, -0.2) is 48.7 Å². The van der Waals surface area contributed by atoms with E-state index in [1.807, 2.05) is 0 Å². The average molecular weight is 471 g/mol. The summed E-state index contributed by atoms with van der Waals surface area (Å²) in [6.07, 6.45) is -4.78. The van der Waals surface area contributed by atoms with Crippen LogP contribution in [-0.2, 0) is 9.84 Å². The fourth-order valence-corrected chi connectivity index (χ4v) is 6.86. The van der Waals surface area contributed by atoms with Crippen LogP contribution in [0, 0.1) is 0 Å². The molecule has 1 amide bonds.